The minimum atomic E-state index is 0.206. The maximum atomic E-state index is 9.23. The smallest absolute Gasteiger partial charge is 0.0608 e. The van der Waals surface area contributed by atoms with E-state index in [0.717, 1.165) is 6.54 Å². The predicted octanol–water partition coefficient (Wildman–Crippen LogP) is 2.58. The number of β-amino-alcohol motifs (C(OH)–C–C–N with tert-alkyl or cyclic N) is 1. The number of aliphatic hydroxyl groups excluding tert-OH is 1. The molecule has 2 aromatic rings. The van der Waals surface area contributed by atoms with Crippen LogP contribution in [-0.2, 0) is 6.54 Å². The maximum absolute atomic E-state index is 9.23. The third kappa shape index (κ3) is 1.94. The second-order valence-corrected chi connectivity index (χ2v) is 4.71. The Labute approximate surface area is 107 Å². The fourth-order valence-corrected chi connectivity index (χ4v) is 2.81. The minimum Gasteiger partial charge on any atom is -0.395 e. The van der Waals surface area contributed by atoms with E-state index in [1.165, 1.54) is 16.7 Å². The molecule has 0 aliphatic carbocycles. The van der Waals surface area contributed by atoms with Crippen molar-refractivity contribution in [2.75, 3.05) is 13.2 Å². The normalized spacial score (nSPS) is 18.8. The van der Waals surface area contributed by atoms with Crippen molar-refractivity contribution in [2.24, 2.45) is 0 Å². The molecule has 18 heavy (non-hydrogen) atoms. The first-order chi connectivity index (χ1) is 8.90. The average molecular weight is 239 g/mol. The van der Waals surface area contributed by atoms with Crippen molar-refractivity contribution >= 4 is 0 Å². The molecule has 0 fully saturated rings. The van der Waals surface area contributed by atoms with E-state index in [1.54, 1.807) is 0 Å². The van der Waals surface area contributed by atoms with Crippen LogP contribution in [0.25, 0.3) is 0 Å². The van der Waals surface area contributed by atoms with Gasteiger partial charge in [0.15, 0.2) is 0 Å². The third-order valence-electron chi connectivity index (χ3n) is 3.59. The maximum Gasteiger partial charge on any atom is 0.0608 e. The number of fused-ring (bicyclic) bond motifs is 1. The Balaban J connectivity index is 2.03. The minimum absolute atomic E-state index is 0.206. The summed E-state index contributed by atoms with van der Waals surface area (Å²) in [5.74, 6) is 0. The SMILES string of the molecule is OCCN1Cc2ccccc2[C@H]1c1ccccc1. The van der Waals surface area contributed by atoms with E-state index >= 15 is 0 Å². The van der Waals surface area contributed by atoms with Gasteiger partial charge >= 0.3 is 0 Å². The van der Waals surface area contributed by atoms with Crippen molar-refractivity contribution in [1.29, 1.82) is 0 Å². The lowest BCUT2D eigenvalue weighted by molar-refractivity contribution is 0.177. The zero-order valence-electron chi connectivity index (χ0n) is 10.3. The summed E-state index contributed by atoms with van der Waals surface area (Å²) in [7, 11) is 0. The molecule has 2 nitrogen and oxygen atoms in total. The van der Waals surface area contributed by atoms with Crippen LogP contribution in [0.4, 0.5) is 0 Å². The molecule has 1 aliphatic rings. The van der Waals surface area contributed by atoms with E-state index in [0.29, 0.717) is 6.54 Å². The van der Waals surface area contributed by atoms with Gasteiger partial charge in [-0.3, -0.25) is 4.90 Å². The fourth-order valence-electron chi connectivity index (χ4n) is 2.81. The molecular formula is C16H17NO. The highest BCUT2D eigenvalue weighted by Crippen LogP contribution is 2.37. The number of benzene rings is 2. The molecule has 0 saturated heterocycles. The van der Waals surface area contributed by atoms with Gasteiger partial charge in [0, 0.05) is 13.1 Å². The van der Waals surface area contributed by atoms with Crippen LogP contribution in [0.3, 0.4) is 0 Å². The largest absolute Gasteiger partial charge is 0.395 e. The molecule has 2 heteroatoms. The van der Waals surface area contributed by atoms with Gasteiger partial charge in [0.25, 0.3) is 0 Å². The average Bonchev–Trinajstić information content (AvgIpc) is 2.78. The van der Waals surface area contributed by atoms with Gasteiger partial charge in [-0.2, -0.15) is 0 Å². The molecule has 1 aliphatic heterocycles. The van der Waals surface area contributed by atoms with Gasteiger partial charge < -0.3 is 5.11 Å². The van der Waals surface area contributed by atoms with Crippen molar-refractivity contribution in [3.05, 3.63) is 71.3 Å². The monoisotopic (exact) mass is 239 g/mol. The highest BCUT2D eigenvalue weighted by atomic mass is 16.3. The van der Waals surface area contributed by atoms with Crippen LogP contribution in [0.1, 0.15) is 22.7 Å². The molecule has 0 unspecified atom stereocenters. The Hall–Kier alpha value is -1.64. The molecule has 1 heterocycles. The Morgan fingerprint density at radius 1 is 1.00 bits per heavy atom. The van der Waals surface area contributed by atoms with Crippen LogP contribution in [0, 0.1) is 0 Å². The molecule has 92 valence electrons. The molecule has 0 bridgehead atoms. The molecule has 0 amide bonds. The van der Waals surface area contributed by atoms with E-state index in [2.05, 4.69) is 53.4 Å². The molecule has 1 atom stereocenters. The molecule has 0 saturated carbocycles. The van der Waals surface area contributed by atoms with Crippen LogP contribution in [-0.4, -0.2) is 23.2 Å². The second kappa shape index (κ2) is 4.92. The standard InChI is InChI=1S/C16H17NO/c18-11-10-17-12-14-8-4-5-9-15(14)16(17)13-6-2-1-3-7-13/h1-9,16,18H,10-12H2/t16-/m1/s1. The van der Waals surface area contributed by atoms with Gasteiger partial charge in [-0.25, -0.2) is 0 Å². The first-order valence-electron chi connectivity index (χ1n) is 6.38. The number of rotatable bonds is 3. The summed E-state index contributed by atoms with van der Waals surface area (Å²) in [5.41, 5.74) is 4.05. The summed E-state index contributed by atoms with van der Waals surface area (Å²) in [6.07, 6.45) is 0. The highest BCUT2D eigenvalue weighted by Gasteiger charge is 2.30. The molecule has 1 N–H and O–H groups in total. The lowest BCUT2D eigenvalue weighted by Crippen LogP contribution is -2.26. The summed E-state index contributed by atoms with van der Waals surface area (Å²) in [5, 5.41) is 9.23. The Morgan fingerprint density at radius 2 is 1.72 bits per heavy atom. The number of hydrogen-bond donors (Lipinski definition) is 1. The van der Waals surface area contributed by atoms with E-state index in [9.17, 15) is 5.11 Å². The molecule has 0 radical (unpaired) electrons. The van der Waals surface area contributed by atoms with Gasteiger partial charge in [0.1, 0.15) is 0 Å². The van der Waals surface area contributed by atoms with Crippen LogP contribution in [0.15, 0.2) is 54.6 Å². The van der Waals surface area contributed by atoms with E-state index < -0.39 is 0 Å². The number of nitrogens with zero attached hydrogens (tertiary/aromatic N) is 1. The topological polar surface area (TPSA) is 23.5 Å². The number of aliphatic hydroxyl groups is 1. The quantitative estimate of drug-likeness (QED) is 0.890. The Kier molecular flexibility index (Phi) is 3.13. The third-order valence-corrected chi connectivity index (χ3v) is 3.59. The van der Waals surface area contributed by atoms with Gasteiger partial charge in [-0.15, -0.1) is 0 Å². The van der Waals surface area contributed by atoms with Gasteiger partial charge in [0.05, 0.1) is 12.6 Å². The first kappa shape index (κ1) is 11.5. The fraction of sp³-hybridized carbons (Fsp3) is 0.250. The van der Waals surface area contributed by atoms with Crippen molar-refractivity contribution in [3.8, 4) is 0 Å². The van der Waals surface area contributed by atoms with E-state index in [-0.39, 0.29) is 12.6 Å². The van der Waals surface area contributed by atoms with Gasteiger partial charge in [0.2, 0.25) is 0 Å². The summed E-state index contributed by atoms with van der Waals surface area (Å²) in [6.45, 7) is 1.85. The lowest BCUT2D eigenvalue weighted by Gasteiger charge is -2.24. The number of hydrogen-bond acceptors (Lipinski definition) is 2. The van der Waals surface area contributed by atoms with Crippen molar-refractivity contribution < 1.29 is 5.11 Å². The van der Waals surface area contributed by atoms with E-state index in [1.807, 2.05) is 6.07 Å². The summed E-state index contributed by atoms with van der Waals surface area (Å²) in [4.78, 5) is 2.33. The van der Waals surface area contributed by atoms with Crippen LogP contribution >= 0.6 is 0 Å². The molecule has 3 rings (SSSR count). The highest BCUT2D eigenvalue weighted by molar-refractivity contribution is 5.41. The zero-order chi connectivity index (χ0) is 12.4. The molecular weight excluding hydrogens is 222 g/mol. The first-order valence-corrected chi connectivity index (χ1v) is 6.38. The van der Waals surface area contributed by atoms with E-state index in [4.69, 9.17) is 0 Å². The Morgan fingerprint density at radius 3 is 2.50 bits per heavy atom. The van der Waals surface area contributed by atoms with Crippen LogP contribution < -0.4 is 0 Å². The van der Waals surface area contributed by atoms with Gasteiger partial charge in [-0.1, -0.05) is 54.6 Å². The predicted molar refractivity (Wildman–Crippen MR) is 72.2 cm³/mol. The van der Waals surface area contributed by atoms with Crippen LogP contribution in [0.5, 0.6) is 0 Å². The zero-order valence-corrected chi connectivity index (χ0v) is 10.3. The van der Waals surface area contributed by atoms with Crippen molar-refractivity contribution in [3.63, 3.8) is 0 Å². The van der Waals surface area contributed by atoms with Gasteiger partial charge in [-0.05, 0) is 16.7 Å². The molecule has 0 spiro atoms. The van der Waals surface area contributed by atoms with Crippen molar-refractivity contribution in [1.82, 2.24) is 4.90 Å². The summed E-state index contributed by atoms with van der Waals surface area (Å²) < 4.78 is 0. The molecule has 2 aromatic carbocycles. The second-order valence-electron chi connectivity index (χ2n) is 4.71. The summed E-state index contributed by atoms with van der Waals surface area (Å²) in [6, 6.07) is 19.4. The van der Waals surface area contributed by atoms with Crippen molar-refractivity contribution in [2.45, 2.75) is 12.6 Å². The Bertz CT molecular complexity index is 524. The molecule has 0 aromatic heterocycles. The lowest BCUT2D eigenvalue weighted by atomic mass is 9.98. The van der Waals surface area contributed by atoms with Crippen LogP contribution in [0.2, 0.25) is 0 Å². The summed E-state index contributed by atoms with van der Waals surface area (Å²) >= 11 is 0.